The zero-order valence-corrected chi connectivity index (χ0v) is 21.0. The second kappa shape index (κ2) is 11.6. The smallest absolute Gasteiger partial charge is 0.254 e. The number of hydrogen-bond acceptors (Lipinski definition) is 4. The SMILES string of the molecule is Cc1ccc(C(=O)N(CC(=O)N(Cc2ccc(F)cc2)Cc2ccc(C)s2)C[C@@H]2CCCO2)cc1. The highest BCUT2D eigenvalue weighted by atomic mass is 32.1. The van der Waals surface area contributed by atoms with Crippen LogP contribution in [0.5, 0.6) is 0 Å². The minimum absolute atomic E-state index is 0.0435. The van der Waals surface area contributed by atoms with Crippen LogP contribution in [0.15, 0.2) is 60.7 Å². The number of halogens is 1. The summed E-state index contributed by atoms with van der Waals surface area (Å²) < 4.78 is 19.2. The van der Waals surface area contributed by atoms with Gasteiger partial charge in [0, 0.05) is 35.0 Å². The number of thiophene rings is 1. The van der Waals surface area contributed by atoms with Gasteiger partial charge >= 0.3 is 0 Å². The number of rotatable bonds is 9. The largest absolute Gasteiger partial charge is 0.376 e. The molecule has 1 atom stereocenters. The quantitative estimate of drug-likeness (QED) is 0.403. The molecule has 35 heavy (non-hydrogen) atoms. The zero-order valence-electron chi connectivity index (χ0n) is 20.2. The molecule has 4 rings (SSSR count). The third kappa shape index (κ3) is 6.99. The molecule has 1 aliphatic heterocycles. The van der Waals surface area contributed by atoms with Crippen molar-refractivity contribution < 1.29 is 18.7 Å². The zero-order chi connectivity index (χ0) is 24.8. The topological polar surface area (TPSA) is 49.9 Å². The summed E-state index contributed by atoms with van der Waals surface area (Å²) in [5, 5.41) is 0. The van der Waals surface area contributed by atoms with E-state index >= 15 is 0 Å². The van der Waals surface area contributed by atoms with Gasteiger partial charge in [0.1, 0.15) is 12.4 Å². The lowest BCUT2D eigenvalue weighted by Gasteiger charge is -2.29. The normalized spacial score (nSPS) is 15.2. The lowest BCUT2D eigenvalue weighted by Crippen LogP contribution is -2.45. The Labute approximate surface area is 210 Å². The molecule has 2 amide bonds. The summed E-state index contributed by atoms with van der Waals surface area (Å²) in [7, 11) is 0. The molecule has 7 heteroatoms. The summed E-state index contributed by atoms with van der Waals surface area (Å²) in [5.41, 5.74) is 2.46. The first-order chi connectivity index (χ1) is 16.9. The van der Waals surface area contributed by atoms with Gasteiger partial charge in [-0.15, -0.1) is 11.3 Å². The van der Waals surface area contributed by atoms with E-state index in [1.54, 1.807) is 45.4 Å². The Morgan fingerprint density at radius 1 is 0.971 bits per heavy atom. The Kier molecular flexibility index (Phi) is 8.31. The molecule has 0 saturated carbocycles. The van der Waals surface area contributed by atoms with Gasteiger partial charge in [0.25, 0.3) is 5.91 Å². The summed E-state index contributed by atoms with van der Waals surface area (Å²) in [6.07, 6.45) is 1.77. The molecule has 0 bridgehead atoms. The highest BCUT2D eigenvalue weighted by molar-refractivity contribution is 7.11. The van der Waals surface area contributed by atoms with E-state index in [0.29, 0.717) is 31.8 Å². The first-order valence-corrected chi connectivity index (χ1v) is 12.7. The lowest BCUT2D eigenvalue weighted by molar-refractivity contribution is -0.133. The third-order valence-corrected chi connectivity index (χ3v) is 7.13. The fourth-order valence-electron chi connectivity index (χ4n) is 4.20. The molecular weight excluding hydrogens is 463 g/mol. The van der Waals surface area contributed by atoms with Crippen molar-refractivity contribution in [3.63, 3.8) is 0 Å². The van der Waals surface area contributed by atoms with Gasteiger partial charge in [0.2, 0.25) is 5.91 Å². The number of aryl methyl sites for hydroxylation is 2. The maximum absolute atomic E-state index is 13.6. The van der Waals surface area contributed by atoms with Gasteiger partial charge in [-0.1, -0.05) is 29.8 Å². The molecule has 184 valence electrons. The summed E-state index contributed by atoms with van der Waals surface area (Å²) in [6, 6.07) is 17.6. The molecule has 5 nitrogen and oxygen atoms in total. The van der Waals surface area contributed by atoms with Crippen molar-refractivity contribution in [1.82, 2.24) is 9.80 Å². The third-order valence-electron chi connectivity index (χ3n) is 6.14. The number of amides is 2. The van der Waals surface area contributed by atoms with Gasteiger partial charge in [-0.2, -0.15) is 0 Å². The summed E-state index contributed by atoms with van der Waals surface area (Å²) in [5.74, 6) is -0.645. The second-order valence-corrected chi connectivity index (χ2v) is 10.4. The van der Waals surface area contributed by atoms with Crippen LogP contribution in [0.2, 0.25) is 0 Å². The van der Waals surface area contributed by atoms with E-state index in [0.717, 1.165) is 28.8 Å². The Morgan fingerprint density at radius 2 is 1.71 bits per heavy atom. The highest BCUT2D eigenvalue weighted by Crippen LogP contribution is 2.20. The number of ether oxygens (including phenoxy) is 1. The van der Waals surface area contributed by atoms with Crippen molar-refractivity contribution in [1.29, 1.82) is 0 Å². The molecule has 0 N–H and O–H groups in total. The second-order valence-electron chi connectivity index (χ2n) is 9.08. The van der Waals surface area contributed by atoms with Crippen LogP contribution in [-0.4, -0.2) is 47.4 Å². The van der Waals surface area contributed by atoms with Crippen molar-refractivity contribution in [3.8, 4) is 0 Å². The average Bonchev–Trinajstić information content (AvgIpc) is 3.51. The van der Waals surface area contributed by atoms with Crippen molar-refractivity contribution in [3.05, 3.63) is 92.9 Å². The predicted molar refractivity (Wildman–Crippen MR) is 136 cm³/mol. The van der Waals surface area contributed by atoms with E-state index in [1.807, 2.05) is 38.1 Å². The Morgan fingerprint density at radius 3 is 2.34 bits per heavy atom. The number of hydrogen-bond donors (Lipinski definition) is 0. The van der Waals surface area contributed by atoms with Crippen LogP contribution in [0, 0.1) is 19.7 Å². The molecule has 0 aliphatic carbocycles. The van der Waals surface area contributed by atoms with Crippen LogP contribution in [-0.2, 0) is 22.6 Å². The van der Waals surface area contributed by atoms with Crippen LogP contribution in [0.1, 0.15) is 44.1 Å². The van der Waals surface area contributed by atoms with Crippen LogP contribution in [0.3, 0.4) is 0 Å². The van der Waals surface area contributed by atoms with E-state index < -0.39 is 0 Å². The number of carbonyl (C=O) groups excluding carboxylic acids is 2. The fourth-order valence-corrected chi connectivity index (χ4v) is 5.10. The van der Waals surface area contributed by atoms with Gasteiger partial charge in [-0.3, -0.25) is 9.59 Å². The van der Waals surface area contributed by atoms with Crippen LogP contribution >= 0.6 is 11.3 Å². The minimum Gasteiger partial charge on any atom is -0.376 e. The average molecular weight is 495 g/mol. The van der Waals surface area contributed by atoms with Crippen molar-refractivity contribution in [2.24, 2.45) is 0 Å². The van der Waals surface area contributed by atoms with Gasteiger partial charge < -0.3 is 14.5 Å². The molecule has 2 heterocycles. The van der Waals surface area contributed by atoms with Crippen molar-refractivity contribution >= 4 is 23.2 Å². The van der Waals surface area contributed by atoms with Crippen LogP contribution in [0.25, 0.3) is 0 Å². The van der Waals surface area contributed by atoms with Gasteiger partial charge in [-0.25, -0.2) is 4.39 Å². The van der Waals surface area contributed by atoms with E-state index in [2.05, 4.69) is 0 Å². The van der Waals surface area contributed by atoms with E-state index in [-0.39, 0.29) is 30.3 Å². The van der Waals surface area contributed by atoms with Crippen LogP contribution in [0.4, 0.5) is 4.39 Å². The lowest BCUT2D eigenvalue weighted by atomic mass is 10.1. The molecular formula is C28H31FN2O3S. The van der Waals surface area contributed by atoms with Crippen molar-refractivity contribution in [2.45, 2.75) is 45.9 Å². The summed E-state index contributed by atoms with van der Waals surface area (Å²) in [6.45, 7) is 5.79. The Balaban J connectivity index is 1.55. The first-order valence-electron chi connectivity index (χ1n) is 11.9. The van der Waals surface area contributed by atoms with Gasteiger partial charge in [0.15, 0.2) is 0 Å². The van der Waals surface area contributed by atoms with Crippen molar-refractivity contribution in [2.75, 3.05) is 19.7 Å². The van der Waals surface area contributed by atoms with Gasteiger partial charge in [-0.05, 0) is 68.7 Å². The molecule has 0 radical (unpaired) electrons. The van der Waals surface area contributed by atoms with Crippen LogP contribution < -0.4 is 0 Å². The number of nitrogens with zero attached hydrogens (tertiary/aromatic N) is 2. The summed E-state index contributed by atoms with van der Waals surface area (Å²) in [4.78, 5) is 32.6. The molecule has 1 aliphatic rings. The highest BCUT2D eigenvalue weighted by Gasteiger charge is 2.27. The summed E-state index contributed by atoms with van der Waals surface area (Å²) >= 11 is 1.64. The Bertz CT molecular complexity index is 1140. The molecule has 1 fully saturated rings. The predicted octanol–water partition coefficient (Wildman–Crippen LogP) is 5.35. The van der Waals surface area contributed by atoms with E-state index in [1.165, 1.54) is 17.0 Å². The molecule has 1 aromatic heterocycles. The molecule has 0 spiro atoms. The standard InChI is InChI=1S/C28H31FN2O3S/c1-20-5-10-23(11-6-20)28(33)31(17-25-4-3-15-34-25)19-27(32)30(18-26-14-7-21(2)35-26)16-22-8-12-24(29)13-9-22/h5-14,25H,3-4,15-19H2,1-2H3/t25-/m0/s1. The van der Waals surface area contributed by atoms with Gasteiger partial charge in [0.05, 0.1) is 12.6 Å². The van der Waals surface area contributed by atoms with E-state index in [4.69, 9.17) is 4.74 Å². The first kappa shape index (κ1) is 25.1. The monoisotopic (exact) mass is 494 g/mol. The molecule has 2 aromatic carbocycles. The maximum Gasteiger partial charge on any atom is 0.254 e. The maximum atomic E-state index is 13.6. The molecule has 0 unspecified atom stereocenters. The minimum atomic E-state index is -0.313. The number of benzene rings is 2. The number of carbonyl (C=O) groups is 2. The molecule has 3 aromatic rings. The Hall–Kier alpha value is -3.03. The molecule has 1 saturated heterocycles. The fraction of sp³-hybridized carbons (Fsp3) is 0.357. The van der Waals surface area contributed by atoms with E-state index in [9.17, 15) is 14.0 Å².